The number of esters is 1. The van der Waals surface area contributed by atoms with E-state index in [1.165, 1.54) is 0 Å². The Morgan fingerprint density at radius 1 is 1.09 bits per heavy atom. The zero-order valence-corrected chi connectivity index (χ0v) is 21.6. The molecule has 1 rings (SSSR count). The van der Waals surface area contributed by atoms with E-state index in [1.807, 2.05) is 34.6 Å². The van der Waals surface area contributed by atoms with Crippen LogP contribution < -0.4 is 10.6 Å². The van der Waals surface area contributed by atoms with Gasteiger partial charge in [-0.2, -0.15) is 0 Å². The third-order valence-electron chi connectivity index (χ3n) is 5.98. The second kappa shape index (κ2) is 12.4. The largest absolute Gasteiger partial charge is 0.463 e. The maximum Gasteiger partial charge on any atom is 0.333 e. The van der Waals surface area contributed by atoms with E-state index in [1.54, 1.807) is 19.9 Å². The first-order chi connectivity index (χ1) is 14.8. The molecule has 184 valence electrons. The van der Waals surface area contributed by atoms with Crippen LogP contribution in [0.25, 0.3) is 0 Å². The van der Waals surface area contributed by atoms with E-state index in [4.69, 9.17) is 4.74 Å². The van der Waals surface area contributed by atoms with Crippen molar-refractivity contribution in [3.63, 3.8) is 0 Å². The summed E-state index contributed by atoms with van der Waals surface area (Å²) in [5.41, 5.74) is -0.0182. The number of nitrogens with one attached hydrogen (secondary N) is 2. The fourth-order valence-corrected chi connectivity index (χ4v) is 4.00. The van der Waals surface area contributed by atoms with Crippen molar-refractivity contribution in [1.29, 1.82) is 0 Å². The minimum Gasteiger partial charge on any atom is -0.463 e. The molecule has 0 aromatic carbocycles. The van der Waals surface area contributed by atoms with E-state index in [2.05, 4.69) is 29.4 Å². The van der Waals surface area contributed by atoms with E-state index >= 15 is 0 Å². The SMILES string of the molecule is CCOC(=O)/C(C)=C/[C@@H](NC(=O)[C@@H](NC(=O)[C@H]1CCCCN1C(C)C)C(C)(C)C)C(C)C. The first-order valence-corrected chi connectivity index (χ1v) is 12.0. The van der Waals surface area contributed by atoms with Crippen LogP contribution in [0, 0.1) is 11.3 Å². The topological polar surface area (TPSA) is 87.7 Å². The zero-order chi connectivity index (χ0) is 24.6. The summed E-state index contributed by atoms with van der Waals surface area (Å²) in [6.07, 6.45) is 4.65. The number of ether oxygens (including phenoxy) is 1. The predicted molar refractivity (Wildman–Crippen MR) is 128 cm³/mol. The lowest BCUT2D eigenvalue weighted by Crippen LogP contribution is -2.60. The molecule has 1 aliphatic heterocycles. The van der Waals surface area contributed by atoms with Gasteiger partial charge in [0.1, 0.15) is 6.04 Å². The van der Waals surface area contributed by atoms with Gasteiger partial charge in [0, 0.05) is 11.6 Å². The molecule has 0 aromatic rings. The van der Waals surface area contributed by atoms with Gasteiger partial charge in [0.2, 0.25) is 11.8 Å². The highest BCUT2D eigenvalue weighted by Gasteiger charge is 2.38. The number of likely N-dealkylation sites (tertiary alicyclic amines) is 1. The molecule has 3 atom stereocenters. The van der Waals surface area contributed by atoms with Gasteiger partial charge in [-0.25, -0.2) is 4.79 Å². The fraction of sp³-hybridized carbons (Fsp3) is 0.800. The van der Waals surface area contributed by atoms with Crippen LogP contribution in [0.3, 0.4) is 0 Å². The Hall–Kier alpha value is -1.89. The van der Waals surface area contributed by atoms with Gasteiger partial charge >= 0.3 is 5.97 Å². The fourth-order valence-electron chi connectivity index (χ4n) is 4.00. The summed E-state index contributed by atoms with van der Waals surface area (Å²) in [6, 6.07) is -0.985. The quantitative estimate of drug-likeness (QED) is 0.414. The molecular weight excluding hydrogens is 406 g/mol. The Balaban J connectivity index is 3.03. The molecule has 7 nitrogen and oxygen atoms in total. The van der Waals surface area contributed by atoms with Crippen molar-refractivity contribution >= 4 is 17.8 Å². The molecule has 0 aliphatic carbocycles. The first-order valence-electron chi connectivity index (χ1n) is 12.0. The minimum absolute atomic E-state index is 0.0643. The summed E-state index contributed by atoms with van der Waals surface area (Å²) in [7, 11) is 0. The number of hydrogen-bond acceptors (Lipinski definition) is 5. The minimum atomic E-state index is -0.691. The summed E-state index contributed by atoms with van der Waals surface area (Å²) in [4.78, 5) is 40.8. The first kappa shape index (κ1) is 28.1. The molecule has 2 N–H and O–H groups in total. The molecule has 0 unspecified atom stereocenters. The number of hydrogen-bond donors (Lipinski definition) is 2. The van der Waals surface area contributed by atoms with Crippen LogP contribution in [0.2, 0.25) is 0 Å². The molecule has 32 heavy (non-hydrogen) atoms. The molecule has 1 aliphatic rings. The predicted octanol–water partition coefficient (Wildman–Crippen LogP) is 3.43. The van der Waals surface area contributed by atoms with Crippen LogP contribution >= 0.6 is 0 Å². The maximum absolute atomic E-state index is 13.3. The molecule has 0 saturated carbocycles. The van der Waals surface area contributed by atoms with Crippen molar-refractivity contribution in [3.8, 4) is 0 Å². The van der Waals surface area contributed by atoms with Gasteiger partial charge in [-0.3, -0.25) is 14.5 Å². The number of rotatable bonds is 9. The Labute approximate surface area is 194 Å². The molecule has 0 spiro atoms. The highest BCUT2D eigenvalue weighted by atomic mass is 16.5. The molecule has 0 radical (unpaired) electrons. The molecule has 7 heteroatoms. The van der Waals surface area contributed by atoms with Crippen LogP contribution in [0.5, 0.6) is 0 Å². The number of carbonyl (C=O) groups excluding carboxylic acids is 3. The summed E-state index contributed by atoms with van der Waals surface area (Å²) < 4.78 is 5.06. The Morgan fingerprint density at radius 3 is 2.22 bits per heavy atom. The lowest BCUT2D eigenvalue weighted by molar-refractivity contribution is -0.138. The van der Waals surface area contributed by atoms with E-state index in [0.717, 1.165) is 25.8 Å². The van der Waals surface area contributed by atoms with Gasteiger partial charge in [0.25, 0.3) is 0 Å². The number of amides is 2. The molecule has 1 saturated heterocycles. The Morgan fingerprint density at radius 2 is 1.72 bits per heavy atom. The van der Waals surface area contributed by atoms with Crippen molar-refractivity contribution in [2.75, 3.05) is 13.2 Å². The molecule has 0 aromatic heterocycles. The van der Waals surface area contributed by atoms with Crippen LogP contribution in [-0.4, -0.2) is 60.0 Å². The highest BCUT2D eigenvalue weighted by molar-refractivity contribution is 5.91. The van der Waals surface area contributed by atoms with Crippen molar-refractivity contribution in [3.05, 3.63) is 11.6 Å². The van der Waals surface area contributed by atoms with E-state index < -0.39 is 11.5 Å². The van der Waals surface area contributed by atoms with Crippen molar-refractivity contribution in [1.82, 2.24) is 15.5 Å². The molecule has 1 fully saturated rings. The monoisotopic (exact) mass is 451 g/mol. The standard InChI is InChI=1S/C25H45N3O4/c1-10-32-24(31)18(6)15-19(16(2)3)26-23(30)21(25(7,8)9)27-22(29)20-13-11-12-14-28(20)17(4)5/h15-17,19-21H,10-14H2,1-9H3,(H,26,30)(H,27,29)/b18-15+/t19-,20-,21-/m1/s1. The van der Waals surface area contributed by atoms with Gasteiger partial charge in [0.05, 0.1) is 18.7 Å². The lowest BCUT2D eigenvalue weighted by atomic mass is 9.85. The third-order valence-corrected chi connectivity index (χ3v) is 5.98. The van der Waals surface area contributed by atoms with Gasteiger partial charge in [-0.15, -0.1) is 0 Å². The van der Waals surface area contributed by atoms with E-state index in [0.29, 0.717) is 12.2 Å². The van der Waals surface area contributed by atoms with E-state index in [-0.39, 0.29) is 41.8 Å². The van der Waals surface area contributed by atoms with Crippen LogP contribution in [0.4, 0.5) is 0 Å². The third kappa shape index (κ3) is 8.23. The summed E-state index contributed by atoms with van der Waals surface area (Å²) >= 11 is 0. The normalized spacial score (nSPS) is 20.1. The average Bonchev–Trinajstić information content (AvgIpc) is 2.70. The highest BCUT2D eigenvalue weighted by Crippen LogP contribution is 2.23. The van der Waals surface area contributed by atoms with Gasteiger partial charge in [0.15, 0.2) is 0 Å². The van der Waals surface area contributed by atoms with Gasteiger partial charge < -0.3 is 15.4 Å². The zero-order valence-electron chi connectivity index (χ0n) is 21.6. The molecular formula is C25H45N3O4. The number of nitrogens with zero attached hydrogens (tertiary/aromatic N) is 1. The van der Waals surface area contributed by atoms with Crippen LogP contribution in [0.1, 0.15) is 81.6 Å². The van der Waals surface area contributed by atoms with Crippen LogP contribution in [0.15, 0.2) is 11.6 Å². The lowest BCUT2D eigenvalue weighted by Gasteiger charge is -2.39. The Bertz CT molecular complexity index is 679. The summed E-state index contributed by atoms with van der Waals surface area (Å²) in [5.74, 6) is -0.661. The number of piperidine rings is 1. The van der Waals surface area contributed by atoms with Crippen molar-refractivity contribution in [2.24, 2.45) is 11.3 Å². The van der Waals surface area contributed by atoms with Crippen molar-refractivity contribution in [2.45, 2.75) is 106 Å². The maximum atomic E-state index is 13.3. The summed E-state index contributed by atoms with van der Waals surface area (Å²) in [5, 5.41) is 6.09. The second-order valence-electron chi connectivity index (χ2n) is 10.5. The van der Waals surface area contributed by atoms with E-state index in [9.17, 15) is 14.4 Å². The van der Waals surface area contributed by atoms with Crippen LogP contribution in [-0.2, 0) is 19.1 Å². The van der Waals surface area contributed by atoms with Crippen molar-refractivity contribution < 1.29 is 19.1 Å². The second-order valence-corrected chi connectivity index (χ2v) is 10.5. The smallest absolute Gasteiger partial charge is 0.333 e. The molecule has 1 heterocycles. The van der Waals surface area contributed by atoms with Gasteiger partial charge in [-0.05, 0) is 58.4 Å². The average molecular weight is 452 g/mol. The summed E-state index contributed by atoms with van der Waals surface area (Å²) in [6.45, 7) is 18.7. The van der Waals surface area contributed by atoms with Gasteiger partial charge in [-0.1, -0.05) is 47.1 Å². The molecule has 2 amide bonds. The number of carbonyl (C=O) groups is 3. The Kier molecular flexibility index (Phi) is 10.9. The molecule has 0 bridgehead atoms.